The molecule has 0 unspecified atom stereocenters. The van der Waals surface area contributed by atoms with Crippen LogP contribution in [0.3, 0.4) is 0 Å². The lowest BCUT2D eigenvalue weighted by atomic mass is 10.1. The molecule has 11 heteroatoms. The molecule has 0 bridgehead atoms. The Bertz CT molecular complexity index is 1590. The predicted octanol–water partition coefficient (Wildman–Crippen LogP) is 4.64. The maximum atomic E-state index is 13.7. The monoisotopic (exact) mass is 577 g/mol. The van der Waals surface area contributed by atoms with Crippen LogP contribution in [0.4, 0.5) is 5.82 Å². The van der Waals surface area contributed by atoms with Crippen LogP contribution in [0, 0.1) is 0 Å². The number of para-hydroxylation sites is 1. The summed E-state index contributed by atoms with van der Waals surface area (Å²) in [5, 5.41) is 10.4. The highest BCUT2D eigenvalue weighted by molar-refractivity contribution is 7.89. The molecule has 0 radical (unpaired) electrons. The quantitative estimate of drug-likeness (QED) is 0.317. The van der Waals surface area contributed by atoms with Crippen molar-refractivity contribution in [2.24, 2.45) is 0 Å². The maximum absolute atomic E-state index is 13.7. The Kier molecular flexibility index (Phi) is 8.29. The van der Waals surface area contributed by atoms with E-state index < -0.39 is 16.1 Å². The molecule has 2 amide bonds. The van der Waals surface area contributed by atoms with Gasteiger partial charge in [0.15, 0.2) is 0 Å². The van der Waals surface area contributed by atoms with Gasteiger partial charge in [-0.15, -0.1) is 0 Å². The summed E-state index contributed by atoms with van der Waals surface area (Å²) in [4.78, 5) is 26.0. The maximum Gasteiger partial charge on any atom is 0.256 e. The first-order chi connectivity index (χ1) is 19.3. The molecule has 1 aliphatic rings. The highest BCUT2D eigenvalue weighted by Crippen LogP contribution is 2.26. The summed E-state index contributed by atoms with van der Waals surface area (Å²) in [6, 6.07) is 22.8. The topological polar surface area (TPSA) is 113 Å². The molecule has 2 heterocycles. The Morgan fingerprint density at radius 2 is 1.73 bits per heavy atom. The molecule has 0 aliphatic carbocycles. The molecular weight excluding hydrogens is 550 g/mol. The van der Waals surface area contributed by atoms with Gasteiger partial charge in [0.05, 0.1) is 16.8 Å². The summed E-state index contributed by atoms with van der Waals surface area (Å²) < 4.78 is 30.3. The number of hydrogen-bond donors (Lipinski definition) is 2. The molecule has 3 aromatic carbocycles. The van der Waals surface area contributed by atoms with E-state index in [0.717, 1.165) is 12.1 Å². The minimum Gasteiger partial charge on any atom is -0.355 e. The number of rotatable bonds is 8. The number of carbonyl (C=O) groups is 2. The van der Waals surface area contributed by atoms with Crippen LogP contribution >= 0.6 is 11.6 Å². The van der Waals surface area contributed by atoms with Crippen LogP contribution in [0.1, 0.15) is 35.2 Å². The van der Waals surface area contributed by atoms with Crippen molar-refractivity contribution in [1.29, 1.82) is 0 Å². The SMILES string of the molecule is O=C(Nc1ccnn1-c1ccccc1)c1ccc(CN([C@@H]2CCCCNC2=O)S(=O)(=O)c2ccc(Cl)cc2)cc1. The van der Waals surface area contributed by atoms with E-state index in [9.17, 15) is 18.0 Å². The molecule has 5 rings (SSSR count). The Hall–Kier alpha value is -3.99. The van der Waals surface area contributed by atoms with Gasteiger partial charge in [-0.25, -0.2) is 13.1 Å². The Morgan fingerprint density at radius 3 is 2.45 bits per heavy atom. The number of nitrogens with zero attached hydrogens (tertiary/aromatic N) is 3. The third kappa shape index (κ3) is 6.09. The van der Waals surface area contributed by atoms with Crippen molar-refractivity contribution in [3.8, 4) is 5.69 Å². The van der Waals surface area contributed by atoms with Crippen LogP contribution in [0.2, 0.25) is 5.02 Å². The fourth-order valence-electron chi connectivity index (χ4n) is 4.61. The van der Waals surface area contributed by atoms with Gasteiger partial charge < -0.3 is 10.6 Å². The third-order valence-corrected chi connectivity index (χ3v) is 8.83. The zero-order valence-corrected chi connectivity index (χ0v) is 23.1. The zero-order chi connectivity index (χ0) is 28.1. The highest BCUT2D eigenvalue weighted by Gasteiger charge is 2.36. The van der Waals surface area contributed by atoms with Gasteiger partial charge >= 0.3 is 0 Å². The number of amides is 2. The van der Waals surface area contributed by atoms with Crippen molar-refractivity contribution in [2.75, 3.05) is 11.9 Å². The lowest BCUT2D eigenvalue weighted by Gasteiger charge is -2.29. The van der Waals surface area contributed by atoms with Gasteiger partial charge in [-0.3, -0.25) is 9.59 Å². The lowest BCUT2D eigenvalue weighted by Crippen LogP contribution is -2.48. The number of nitrogens with one attached hydrogen (secondary N) is 2. The number of aromatic nitrogens is 2. The van der Waals surface area contributed by atoms with Crippen LogP contribution < -0.4 is 10.6 Å². The molecule has 9 nitrogen and oxygen atoms in total. The molecule has 0 saturated carbocycles. The predicted molar refractivity (Wildman–Crippen MR) is 153 cm³/mol. The minimum atomic E-state index is -4.03. The van der Waals surface area contributed by atoms with E-state index in [-0.39, 0.29) is 23.3 Å². The molecule has 1 aromatic heterocycles. The fourth-order valence-corrected chi connectivity index (χ4v) is 6.34. The van der Waals surface area contributed by atoms with E-state index >= 15 is 0 Å². The van der Waals surface area contributed by atoms with Crippen molar-refractivity contribution >= 4 is 39.3 Å². The van der Waals surface area contributed by atoms with Gasteiger partial charge in [0, 0.05) is 29.7 Å². The fraction of sp³-hybridized carbons (Fsp3) is 0.207. The first-order valence-electron chi connectivity index (χ1n) is 12.9. The number of carbonyl (C=O) groups excluding carboxylic acids is 2. The molecule has 4 aromatic rings. The molecule has 2 N–H and O–H groups in total. The van der Waals surface area contributed by atoms with Gasteiger partial charge in [-0.2, -0.15) is 9.40 Å². The third-order valence-electron chi connectivity index (χ3n) is 6.71. The summed E-state index contributed by atoms with van der Waals surface area (Å²) in [6.45, 7) is 0.475. The second-order valence-electron chi connectivity index (χ2n) is 9.42. The molecule has 1 saturated heterocycles. The van der Waals surface area contributed by atoms with Crippen molar-refractivity contribution in [3.05, 3.63) is 107 Å². The summed E-state index contributed by atoms with van der Waals surface area (Å²) in [5.41, 5.74) is 1.84. The van der Waals surface area contributed by atoms with E-state index in [0.29, 0.717) is 41.4 Å². The number of benzene rings is 3. The number of hydrogen-bond acceptors (Lipinski definition) is 5. The summed E-state index contributed by atoms with van der Waals surface area (Å²) >= 11 is 5.98. The molecule has 1 fully saturated rings. The van der Waals surface area contributed by atoms with Crippen molar-refractivity contribution in [2.45, 2.75) is 36.7 Å². The van der Waals surface area contributed by atoms with E-state index in [1.165, 1.54) is 28.6 Å². The van der Waals surface area contributed by atoms with Gasteiger partial charge in [0.25, 0.3) is 5.91 Å². The first-order valence-corrected chi connectivity index (χ1v) is 14.7. The van der Waals surface area contributed by atoms with E-state index in [4.69, 9.17) is 11.6 Å². The molecular formula is C29H28ClN5O4S. The molecule has 1 atom stereocenters. The summed E-state index contributed by atoms with van der Waals surface area (Å²) in [6.07, 6.45) is 3.51. The standard InChI is InChI=1S/C29H28ClN5O4S/c30-23-13-15-25(16-14-23)40(38,39)34(26-8-4-5-18-31-29(26)37)20-21-9-11-22(12-10-21)28(36)33-27-17-19-32-35(27)24-6-2-1-3-7-24/h1-3,6-7,9-17,19,26H,4-5,8,18,20H2,(H,31,37)(H,33,36)/t26-/m1/s1. The molecule has 1 aliphatic heterocycles. The number of anilines is 1. The van der Waals surface area contributed by atoms with Gasteiger partial charge in [0.1, 0.15) is 11.9 Å². The molecule has 206 valence electrons. The van der Waals surface area contributed by atoms with Gasteiger partial charge in [-0.05, 0) is 73.4 Å². The van der Waals surface area contributed by atoms with Crippen LogP contribution in [0.25, 0.3) is 5.69 Å². The summed E-state index contributed by atoms with van der Waals surface area (Å²) in [5.74, 6) is -0.140. The highest BCUT2D eigenvalue weighted by atomic mass is 35.5. The van der Waals surface area contributed by atoms with Crippen molar-refractivity contribution in [3.63, 3.8) is 0 Å². The molecule has 40 heavy (non-hydrogen) atoms. The van der Waals surface area contributed by atoms with E-state index in [1.807, 2.05) is 30.3 Å². The van der Waals surface area contributed by atoms with E-state index in [1.54, 1.807) is 41.2 Å². The largest absolute Gasteiger partial charge is 0.355 e. The summed E-state index contributed by atoms with van der Waals surface area (Å²) in [7, 11) is -4.03. The Labute approximate surface area is 237 Å². The second-order valence-corrected chi connectivity index (χ2v) is 11.7. The van der Waals surface area contributed by atoms with Crippen LogP contribution in [0.15, 0.2) is 96.0 Å². The van der Waals surface area contributed by atoms with Gasteiger partial charge in [-0.1, -0.05) is 41.9 Å². The zero-order valence-electron chi connectivity index (χ0n) is 21.5. The number of halogens is 1. The van der Waals surface area contributed by atoms with Crippen LogP contribution in [-0.2, 0) is 21.4 Å². The van der Waals surface area contributed by atoms with Crippen molar-refractivity contribution < 1.29 is 18.0 Å². The minimum absolute atomic E-state index is 0.0360. The second kappa shape index (κ2) is 12.0. The average molecular weight is 578 g/mol. The van der Waals surface area contributed by atoms with Crippen LogP contribution in [0.5, 0.6) is 0 Å². The average Bonchev–Trinajstić information content (AvgIpc) is 3.32. The van der Waals surface area contributed by atoms with Crippen molar-refractivity contribution in [1.82, 2.24) is 19.4 Å². The Balaban J connectivity index is 1.37. The number of sulfonamides is 1. The normalized spacial score (nSPS) is 15.8. The molecule has 0 spiro atoms. The first kappa shape index (κ1) is 27.6. The van der Waals surface area contributed by atoms with Crippen LogP contribution in [-0.4, -0.2) is 46.9 Å². The van der Waals surface area contributed by atoms with Gasteiger partial charge in [0.2, 0.25) is 15.9 Å². The smallest absolute Gasteiger partial charge is 0.256 e. The lowest BCUT2D eigenvalue weighted by molar-refractivity contribution is -0.124. The van der Waals surface area contributed by atoms with E-state index in [2.05, 4.69) is 15.7 Å². The Morgan fingerprint density at radius 1 is 1.00 bits per heavy atom.